The zero-order valence-corrected chi connectivity index (χ0v) is 15.4. The van der Waals surface area contributed by atoms with Gasteiger partial charge in [-0.2, -0.15) is 0 Å². The van der Waals surface area contributed by atoms with Crippen molar-refractivity contribution < 1.29 is 38.4 Å². The van der Waals surface area contributed by atoms with E-state index < -0.39 is 37.4 Å². The summed E-state index contributed by atoms with van der Waals surface area (Å²) in [5.74, 6) is -3.93. The number of amides is 1. The van der Waals surface area contributed by atoms with Gasteiger partial charge in [0, 0.05) is 12.6 Å². The van der Waals surface area contributed by atoms with Crippen LogP contribution in [0.4, 0.5) is 13.6 Å². The first-order chi connectivity index (χ1) is 12.7. The second-order valence-corrected chi connectivity index (χ2v) is 6.29. The van der Waals surface area contributed by atoms with Gasteiger partial charge >= 0.3 is 12.0 Å². The lowest BCUT2D eigenvalue weighted by Crippen LogP contribution is -2.50. The van der Waals surface area contributed by atoms with Crippen LogP contribution in [-0.2, 0) is 16.1 Å². The molecule has 7 nitrogen and oxygen atoms in total. The van der Waals surface area contributed by atoms with Crippen molar-refractivity contribution in [2.45, 2.75) is 44.6 Å². The molecule has 0 aliphatic carbocycles. The Morgan fingerprint density at radius 3 is 2.30 bits per heavy atom. The molecule has 0 spiro atoms. The molecule has 0 radical (unpaired) electrons. The highest BCUT2D eigenvalue weighted by Crippen LogP contribution is 2.24. The van der Waals surface area contributed by atoms with E-state index in [0.717, 1.165) is 10.5 Å². The Hall–Kier alpha value is -1.81. The SMILES string of the molecule is CC(C)N(CCO)C(=O)OCC(O)C(F)(F)[C@H](O)COCc1ccccc1. The van der Waals surface area contributed by atoms with Gasteiger partial charge < -0.3 is 29.7 Å². The van der Waals surface area contributed by atoms with Gasteiger partial charge in [0.25, 0.3) is 0 Å². The Balaban J connectivity index is 2.48. The number of hydrogen-bond donors (Lipinski definition) is 3. The fourth-order valence-electron chi connectivity index (χ4n) is 2.21. The van der Waals surface area contributed by atoms with Crippen molar-refractivity contribution in [1.29, 1.82) is 0 Å². The van der Waals surface area contributed by atoms with Crippen LogP contribution in [-0.4, -0.2) is 76.9 Å². The average molecular weight is 391 g/mol. The molecule has 1 unspecified atom stereocenters. The highest BCUT2D eigenvalue weighted by molar-refractivity contribution is 5.68. The van der Waals surface area contributed by atoms with Crippen molar-refractivity contribution in [3.05, 3.63) is 35.9 Å². The van der Waals surface area contributed by atoms with E-state index in [1.165, 1.54) is 0 Å². The van der Waals surface area contributed by atoms with Gasteiger partial charge in [0.2, 0.25) is 0 Å². The maximum atomic E-state index is 14.1. The van der Waals surface area contributed by atoms with Gasteiger partial charge in [0.05, 0.1) is 19.8 Å². The molecule has 0 aliphatic rings. The summed E-state index contributed by atoms with van der Waals surface area (Å²) in [7, 11) is 0. The molecule has 1 rings (SSSR count). The summed E-state index contributed by atoms with van der Waals surface area (Å²) < 4.78 is 37.9. The molecular formula is C18H27F2NO6. The van der Waals surface area contributed by atoms with Crippen molar-refractivity contribution in [2.75, 3.05) is 26.4 Å². The molecular weight excluding hydrogens is 364 g/mol. The average Bonchev–Trinajstić information content (AvgIpc) is 2.64. The van der Waals surface area contributed by atoms with Gasteiger partial charge in [-0.15, -0.1) is 0 Å². The first-order valence-corrected chi connectivity index (χ1v) is 8.60. The lowest BCUT2D eigenvalue weighted by atomic mass is 10.1. The zero-order chi connectivity index (χ0) is 20.4. The number of benzene rings is 1. The second kappa shape index (κ2) is 11.1. The van der Waals surface area contributed by atoms with Crippen LogP contribution in [0.5, 0.6) is 0 Å². The molecule has 0 bridgehead atoms. The van der Waals surface area contributed by atoms with E-state index in [1.807, 2.05) is 0 Å². The number of aliphatic hydroxyl groups excluding tert-OH is 3. The largest absolute Gasteiger partial charge is 0.446 e. The minimum absolute atomic E-state index is 0.0288. The smallest absolute Gasteiger partial charge is 0.410 e. The number of aliphatic hydroxyl groups is 3. The van der Waals surface area contributed by atoms with Crippen LogP contribution in [0, 0.1) is 0 Å². The van der Waals surface area contributed by atoms with Crippen LogP contribution >= 0.6 is 0 Å². The van der Waals surface area contributed by atoms with E-state index in [0.29, 0.717) is 0 Å². The zero-order valence-electron chi connectivity index (χ0n) is 15.4. The molecule has 1 aromatic rings. The summed E-state index contributed by atoms with van der Waals surface area (Å²) in [6.07, 6.45) is -5.61. The standard InChI is InChI=1S/C18H27F2NO6/c1-13(2)21(8-9-22)17(25)27-12-16(24)18(19,20)15(23)11-26-10-14-6-4-3-5-7-14/h3-7,13,15-16,22-24H,8-12H2,1-2H3/t15-,16?/m1/s1. The van der Waals surface area contributed by atoms with Gasteiger partial charge in [0.1, 0.15) is 12.7 Å². The minimum Gasteiger partial charge on any atom is -0.446 e. The molecule has 1 amide bonds. The van der Waals surface area contributed by atoms with Crippen molar-refractivity contribution in [3.63, 3.8) is 0 Å². The minimum atomic E-state index is -3.93. The molecule has 0 aromatic heterocycles. The molecule has 0 saturated carbocycles. The van der Waals surface area contributed by atoms with Gasteiger partial charge in [-0.1, -0.05) is 30.3 Å². The third kappa shape index (κ3) is 7.37. The predicted octanol–water partition coefficient (Wildman–Crippen LogP) is 1.40. The van der Waals surface area contributed by atoms with Crippen molar-refractivity contribution in [1.82, 2.24) is 4.90 Å². The highest BCUT2D eigenvalue weighted by atomic mass is 19.3. The summed E-state index contributed by atoms with van der Waals surface area (Å²) in [6.45, 7) is 1.31. The third-order valence-corrected chi connectivity index (χ3v) is 3.84. The number of ether oxygens (including phenoxy) is 2. The summed E-state index contributed by atoms with van der Waals surface area (Å²) in [6, 6.07) is 8.49. The lowest BCUT2D eigenvalue weighted by molar-refractivity contribution is -0.200. The van der Waals surface area contributed by atoms with Crippen molar-refractivity contribution in [2.24, 2.45) is 0 Å². The maximum Gasteiger partial charge on any atom is 0.410 e. The van der Waals surface area contributed by atoms with E-state index in [9.17, 15) is 23.8 Å². The van der Waals surface area contributed by atoms with Crippen LogP contribution < -0.4 is 0 Å². The third-order valence-electron chi connectivity index (χ3n) is 3.84. The first-order valence-electron chi connectivity index (χ1n) is 8.60. The van der Waals surface area contributed by atoms with E-state index >= 15 is 0 Å². The Labute approximate surface area is 157 Å². The van der Waals surface area contributed by atoms with Crippen molar-refractivity contribution in [3.8, 4) is 0 Å². The quantitative estimate of drug-likeness (QED) is 0.527. The molecule has 0 saturated heterocycles. The molecule has 3 N–H and O–H groups in total. The number of alkyl halides is 2. The summed E-state index contributed by atoms with van der Waals surface area (Å²) >= 11 is 0. The number of nitrogens with zero attached hydrogens (tertiary/aromatic N) is 1. The summed E-state index contributed by atoms with van der Waals surface area (Å²) in [5.41, 5.74) is 0.750. The topological polar surface area (TPSA) is 99.5 Å². The van der Waals surface area contributed by atoms with Crippen LogP contribution in [0.25, 0.3) is 0 Å². The van der Waals surface area contributed by atoms with Gasteiger partial charge in [0.15, 0.2) is 6.10 Å². The lowest BCUT2D eigenvalue weighted by Gasteiger charge is -2.29. The Kier molecular flexibility index (Phi) is 9.57. The molecule has 0 heterocycles. The van der Waals surface area contributed by atoms with Gasteiger partial charge in [-0.25, -0.2) is 13.6 Å². The van der Waals surface area contributed by atoms with Crippen LogP contribution in [0.15, 0.2) is 30.3 Å². The molecule has 1 aromatic carbocycles. The highest BCUT2D eigenvalue weighted by Gasteiger charge is 2.46. The van der Waals surface area contributed by atoms with Crippen molar-refractivity contribution >= 4 is 6.09 Å². The van der Waals surface area contributed by atoms with Crippen LogP contribution in [0.3, 0.4) is 0 Å². The second-order valence-electron chi connectivity index (χ2n) is 6.29. The fourth-order valence-corrected chi connectivity index (χ4v) is 2.21. The van der Waals surface area contributed by atoms with Gasteiger partial charge in [-0.3, -0.25) is 0 Å². The fraction of sp³-hybridized carbons (Fsp3) is 0.611. The van der Waals surface area contributed by atoms with E-state index in [2.05, 4.69) is 4.74 Å². The Bertz CT molecular complexity index is 558. The predicted molar refractivity (Wildman–Crippen MR) is 93.3 cm³/mol. The van der Waals surface area contributed by atoms with E-state index in [1.54, 1.807) is 44.2 Å². The Morgan fingerprint density at radius 1 is 1.15 bits per heavy atom. The molecule has 154 valence electrons. The first kappa shape index (κ1) is 23.2. The van der Waals surface area contributed by atoms with E-state index in [4.69, 9.17) is 9.84 Å². The molecule has 0 fully saturated rings. The summed E-state index contributed by atoms with van der Waals surface area (Å²) in [4.78, 5) is 13.0. The molecule has 9 heteroatoms. The van der Waals surface area contributed by atoms with Gasteiger partial charge in [-0.05, 0) is 19.4 Å². The molecule has 0 aliphatic heterocycles. The summed E-state index contributed by atoms with van der Waals surface area (Å²) in [5, 5.41) is 28.2. The number of halogens is 2. The number of rotatable bonds is 11. The number of hydrogen-bond acceptors (Lipinski definition) is 6. The Morgan fingerprint density at radius 2 is 1.74 bits per heavy atom. The number of carbonyl (C=O) groups excluding carboxylic acids is 1. The van der Waals surface area contributed by atoms with E-state index in [-0.39, 0.29) is 25.8 Å². The molecule has 27 heavy (non-hydrogen) atoms. The number of carbonyl (C=O) groups is 1. The normalized spacial score (nSPS) is 14.1. The molecule has 2 atom stereocenters. The monoisotopic (exact) mass is 391 g/mol. The maximum absolute atomic E-state index is 14.1. The van der Waals surface area contributed by atoms with Crippen LogP contribution in [0.2, 0.25) is 0 Å². The van der Waals surface area contributed by atoms with Crippen LogP contribution in [0.1, 0.15) is 19.4 Å².